The molecule has 0 saturated carbocycles. The van der Waals surface area contributed by atoms with Crippen LogP contribution in [0.1, 0.15) is 0 Å². The van der Waals surface area contributed by atoms with E-state index in [2.05, 4.69) is 24.7 Å². The Balaban J connectivity index is 2.21. The average Bonchev–Trinajstić information content (AvgIpc) is 2.55. The number of benzene rings is 1. The normalized spacial score (nSPS) is 11.5. The molecule has 0 atom stereocenters. The number of H-pyrrole nitrogens is 1. The van der Waals surface area contributed by atoms with Crippen molar-refractivity contribution in [1.82, 2.24) is 19.9 Å². The van der Waals surface area contributed by atoms with E-state index in [1.165, 1.54) is 24.8 Å². The lowest BCUT2D eigenvalue weighted by Crippen LogP contribution is -2.28. The minimum Gasteiger partial charge on any atom is -0.418 e. The van der Waals surface area contributed by atoms with Gasteiger partial charge in [0.1, 0.15) is 11.8 Å². The van der Waals surface area contributed by atoms with Crippen LogP contribution in [0.2, 0.25) is 0 Å². The number of carbonyl (C=O) groups is 1. The van der Waals surface area contributed by atoms with Gasteiger partial charge in [-0.1, -0.05) is 0 Å². The van der Waals surface area contributed by atoms with Crippen LogP contribution >= 0.6 is 0 Å². The van der Waals surface area contributed by atoms with Gasteiger partial charge in [-0.3, -0.25) is 4.79 Å². The van der Waals surface area contributed by atoms with Gasteiger partial charge < -0.3 is 9.72 Å². The summed E-state index contributed by atoms with van der Waals surface area (Å²) in [5.41, 5.74) is -0.0431. The number of fused-ring (bicyclic) bond motifs is 1. The number of alkyl halides is 3. The Morgan fingerprint density at radius 2 is 1.83 bits per heavy atom. The number of halogens is 3. The maximum atomic E-state index is 12.5. The Morgan fingerprint density at radius 3 is 2.50 bits per heavy atom. The van der Waals surface area contributed by atoms with Crippen molar-refractivity contribution < 1.29 is 22.7 Å². The summed E-state index contributed by atoms with van der Waals surface area (Å²) >= 11 is 0. The molecule has 3 aromatic rings. The Morgan fingerprint density at radius 1 is 1.12 bits per heavy atom. The molecule has 24 heavy (non-hydrogen) atoms. The molecule has 0 saturated heterocycles. The third kappa shape index (κ3) is 2.93. The lowest BCUT2D eigenvalue weighted by Gasteiger charge is -2.10. The second-order valence-electron chi connectivity index (χ2n) is 4.62. The van der Waals surface area contributed by atoms with Crippen LogP contribution < -0.4 is 10.3 Å². The van der Waals surface area contributed by atoms with Gasteiger partial charge in [-0.05, 0) is 17.7 Å². The number of nitrogens with one attached hydrogen (secondary N) is 1. The first kappa shape index (κ1) is 15.6. The predicted octanol–water partition coefficient (Wildman–Crippen LogP) is 1.85. The minimum atomic E-state index is -5.18. The fourth-order valence-corrected chi connectivity index (χ4v) is 2.00. The van der Waals surface area contributed by atoms with Crippen molar-refractivity contribution in [2.45, 2.75) is 6.18 Å². The van der Waals surface area contributed by atoms with Gasteiger partial charge in [-0.2, -0.15) is 13.2 Å². The lowest BCUT2D eigenvalue weighted by molar-refractivity contribution is -0.189. The van der Waals surface area contributed by atoms with Crippen molar-refractivity contribution in [2.75, 3.05) is 0 Å². The maximum Gasteiger partial charge on any atom is 0.491 e. The van der Waals surface area contributed by atoms with E-state index in [0.29, 0.717) is 11.1 Å². The van der Waals surface area contributed by atoms with Crippen molar-refractivity contribution >= 4 is 16.9 Å². The van der Waals surface area contributed by atoms with Crippen LogP contribution in [-0.2, 0) is 4.79 Å². The van der Waals surface area contributed by atoms with E-state index in [9.17, 15) is 22.8 Å². The molecule has 122 valence electrons. The third-order valence-electron chi connectivity index (χ3n) is 3.04. The summed E-state index contributed by atoms with van der Waals surface area (Å²) in [7, 11) is 0. The van der Waals surface area contributed by atoms with E-state index in [4.69, 9.17) is 0 Å². The molecule has 1 aromatic carbocycles. The van der Waals surface area contributed by atoms with Crippen molar-refractivity contribution in [3.05, 3.63) is 47.5 Å². The van der Waals surface area contributed by atoms with Gasteiger partial charge in [0.15, 0.2) is 5.75 Å². The summed E-state index contributed by atoms with van der Waals surface area (Å²) < 4.78 is 41.8. The molecule has 0 aliphatic rings. The highest BCUT2D eigenvalue weighted by molar-refractivity contribution is 5.91. The van der Waals surface area contributed by atoms with Crippen molar-refractivity contribution in [1.29, 1.82) is 0 Å². The van der Waals surface area contributed by atoms with Crippen LogP contribution in [0.5, 0.6) is 5.75 Å². The second kappa shape index (κ2) is 5.72. The van der Waals surface area contributed by atoms with Gasteiger partial charge in [-0.25, -0.2) is 19.7 Å². The predicted molar refractivity (Wildman–Crippen MR) is 75.1 cm³/mol. The number of nitrogens with zero attached hydrogens (tertiary/aromatic N) is 3. The third-order valence-corrected chi connectivity index (χ3v) is 3.04. The number of rotatable bonds is 2. The van der Waals surface area contributed by atoms with Crippen LogP contribution in [0.4, 0.5) is 13.2 Å². The largest absolute Gasteiger partial charge is 0.491 e. The van der Waals surface area contributed by atoms with E-state index in [0.717, 1.165) is 12.4 Å². The fraction of sp³-hybridized carbons (Fsp3) is 0.0714. The number of esters is 1. The second-order valence-corrected chi connectivity index (χ2v) is 4.62. The molecule has 0 spiro atoms. The smallest absolute Gasteiger partial charge is 0.418 e. The Labute approximate surface area is 131 Å². The summed E-state index contributed by atoms with van der Waals surface area (Å²) in [4.78, 5) is 36.7. The van der Waals surface area contributed by atoms with Gasteiger partial charge >= 0.3 is 12.1 Å². The lowest BCUT2D eigenvalue weighted by atomic mass is 10.1. The number of ether oxygens (including phenoxy) is 1. The summed E-state index contributed by atoms with van der Waals surface area (Å²) in [6.45, 7) is 0. The van der Waals surface area contributed by atoms with Crippen LogP contribution in [0.3, 0.4) is 0 Å². The molecule has 1 N–H and O–H groups in total. The topological polar surface area (TPSA) is 97.8 Å². The molecule has 0 fully saturated rings. The standard InChI is InChI=1S/C14H7F3N4O3/c15-14(16,17)13(23)24-10-2-7(8-3-18-5-19-4-8)1-9-11(10)20-6-21-12(9)22/h1-6H,(H,20,21,22). The van der Waals surface area contributed by atoms with Crippen LogP contribution in [0, 0.1) is 0 Å². The molecule has 0 aliphatic heterocycles. The van der Waals surface area contributed by atoms with E-state index in [1.807, 2.05) is 0 Å². The zero-order valence-corrected chi connectivity index (χ0v) is 11.7. The highest BCUT2D eigenvalue weighted by atomic mass is 19.4. The minimum absolute atomic E-state index is 0.0381. The van der Waals surface area contributed by atoms with Crippen molar-refractivity contribution in [2.24, 2.45) is 0 Å². The average molecular weight is 336 g/mol. The number of aromatic amines is 1. The first-order valence-corrected chi connectivity index (χ1v) is 6.42. The molecular formula is C14H7F3N4O3. The highest BCUT2D eigenvalue weighted by Gasteiger charge is 2.41. The summed E-state index contributed by atoms with van der Waals surface area (Å²) in [6.07, 6.45) is -0.119. The molecule has 0 aliphatic carbocycles. The van der Waals surface area contributed by atoms with Crippen molar-refractivity contribution in [3.8, 4) is 16.9 Å². The van der Waals surface area contributed by atoms with Crippen LogP contribution in [0.15, 0.2) is 42.0 Å². The first-order chi connectivity index (χ1) is 11.4. The molecule has 0 amide bonds. The van der Waals surface area contributed by atoms with Crippen LogP contribution in [0.25, 0.3) is 22.0 Å². The Hall–Kier alpha value is -3.30. The molecule has 7 nitrogen and oxygen atoms in total. The van der Waals surface area contributed by atoms with Gasteiger partial charge in [0.25, 0.3) is 5.56 Å². The fourth-order valence-electron chi connectivity index (χ4n) is 2.00. The molecule has 0 radical (unpaired) electrons. The van der Waals surface area contributed by atoms with E-state index in [-0.39, 0.29) is 10.9 Å². The maximum absolute atomic E-state index is 12.5. The molecule has 0 unspecified atom stereocenters. The van der Waals surface area contributed by atoms with Crippen LogP contribution in [-0.4, -0.2) is 32.1 Å². The molecule has 3 rings (SSSR count). The number of carbonyl (C=O) groups excluding carboxylic acids is 1. The first-order valence-electron chi connectivity index (χ1n) is 6.42. The highest BCUT2D eigenvalue weighted by Crippen LogP contribution is 2.30. The molecule has 2 heterocycles. The van der Waals surface area contributed by atoms with Gasteiger partial charge in [-0.15, -0.1) is 0 Å². The zero-order valence-electron chi connectivity index (χ0n) is 11.7. The molecular weight excluding hydrogens is 329 g/mol. The zero-order chi connectivity index (χ0) is 17.3. The van der Waals surface area contributed by atoms with Gasteiger partial charge in [0.05, 0.1) is 11.7 Å². The molecule has 2 aromatic heterocycles. The van der Waals surface area contributed by atoms with E-state index < -0.39 is 23.5 Å². The molecule has 10 heteroatoms. The SMILES string of the molecule is O=C(Oc1cc(-c2cncnc2)cc2c(=O)[nH]cnc12)C(F)(F)F. The quantitative estimate of drug-likeness (QED) is 0.566. The van der Waals surface area contributed by atoms with Crippen molar-refractivity contribution in [3.63, 3.8) is 0 Å². The van der Waals surface area contributed by atoms with Gasteiger partial charge in [0.2, 0.25) is 0 Å². The van der Waals surface area contributed by atoms with E-state index >= 15 is 0 Å². The Kier molecular flexibility index (Phi) is 3.72. The summed E-state index contributed by atoms with van der Waals surface area (Å²) in [6, 6.07) is 2.56. The summed E-state index contributed by atoms with van der Waals surface area (Å²) in [5, 5.41) is -0.0381. The molecule has 0 bridgehead atoms. The number of hydrogen-bond donors (Lipinski definition) is 1. The van der Waals surface area contributed by atoms with E-state index in [1.54, 1.807) is 0 Å². The number of hydrogen-bond acceptors (Lipinski definition) is 6. The Bertz CT molecular complexity index is 970. The van der Waals surface area contributed by atoms with Gasteiger partial charge in [0, 0.05) is 18.0 Å². The monoisotopic (exact) mass is 336 g/mol. The summed E-state index contributed by atoms with van der Waals surface area (Å²) in [5.74, 6) is -2.90. The number of aromatic nitrogens is 4.